The summed E-state index contributed by atoms with van der Waals surface area (Å²) in [7, 11) is 0. The van der Waals surface area contributed by atoms with Crippen LogP contribution in [-0.2, 0) is 0 Å². The maximum absolute atomic E-state index is 6.08. The van der Waals surface area contributed by atoms with Gasteiger partial charge in [0.05, 0.1) is 11.7 Å². The highest BCUT2D eigenvalue weighted by Crippen LogP contribution is 2.45. The normalized spacial score (nSPS) is 13.4. The molecule has 4 aromatic rings. The van der Waals surface area contributed by atoms with Crippen molar-refractivity contribution in [3.8, 4) is 11.5 Å². The Balaban J connectivity index is 1.82. The molecule has 0 fully saturated rings. The quantitative estimate of drug-likeness (QED) is 0.445. The molecule has 3 heteroatoms. The lowest BCUT2D eigenvalue weighted by Crippen LogP contribution is -2.18. The molecule has 0 aliphatic carbocycles. The molecule has 0 N–H and O–H groups in total. The second kappa shape index (κ2) is 4.71. The maximum atomic E-state index is 6.08. The van der Waals surface area contributed by atoms with Gasteiger partial charge >= 0.3 is 0 Å². The Bertz CT molecular complexity index is 973. The number of nitrogens with zero attached hydrogens (tertiary/aromatic N) is 2. The molecule has 0 saturated heterocycles. The van der Waals surface area contributed by atoms with Crippen LogP contribution in [0, 0.1) is 0 Å². The van der Waals surface area contributed by atoms with Gasteiger partial charge in [0.1, 0.15) is 17.5 Å². The summed E-state index contributed by atoms with van der Waals surface area (Å²) in [6, 6.07) is 24.7. The van der Waals surface area contributed by atoms with E-state index in [-0.39, 0.29) is 6.04 Å². The van der Waals surface area contributed by atoms with Crippen LogP contribution in [0.25, 0.3) is 10.9 Å². The average Bonchev–Trinajstić information content (AvgIpc) is 3.03. The molecule has 0 unspecified atom stereocenters. The fourth-order valence-corrected chi connectivity index (χ4v) is 3.35. The van der Waals surface area contributed by atoms with Crippen LogP contribution in [-0.4, -0.2) is 9.78 Å². The summed E-state index contributed by atoms with van der Waals surface area (Å²) in [5.74, 6) is 1.80. The van der Waals surface area contributed by atoms with Crippen molar-refractivity contribution in [3.63, 3.8) is 0 Å². The molecule has 1 aliphatic heterocycles. The fraction of sp³-hybridized carbons (Fsp3) is 0.0500. The predicted octanol–water partition coefficient (Wildman–Crippen LogP) is 4.78. The van der Waals surface area contributed by atoms with Crippen LogP contribution < -0.4 is 4.74 Å². The number of hydrogen-bond acceptors (Lipinski definition) is 2. The molecule has 3 aromatic carbocycles. The highest BCUT2D eigenvalue weighted by Gasteiger charge is 2.29. The van der Waals surface area contributed by atoms with Crippen molar-refractivity contribution in [3.05, 3.63) is 90.1 Å². The topological polar surface area (TPSA) is 27.1 Å². The molecule has 5 rings (SSSR count). The van der Waals surface area contributed by atoms with Crippen LogP contribution in [0.1, 0.15) is 17.2 Å². The molecule has 0 spiro atoms. The molecule has 0 radical (unpaired) electrons. The summed E-state index contributed by atoms with van der Waals surface area (Å²) in [6.45, 7) is 0. The van der Waals surface area contributed by atoms with Gasteiger partial charge < -0.3 is 4.74 Å². The van der Waals surface area contributed by atoms with Gasteiger partial charge in [-0.1, -0.05) is 54.6 Å². The van der Waals surface area contributed by atoms with Crippen molar-refractivity contribution in [2.24, 2.45) is 0 Å². The first-order valence-electron chi connectivity index (χ1n) is 7.70. The summed E-state index contributed by atoms with van der Waals surface area (Å²) in [6.07, 6.45) is 1.93. The molecule has 110 valence electrons. The van der Waals surface area contributed by atoms with Crippen LogP contribution >= 0.6 is 0 Å². The van der Waals surface area contributed by atoms with E-state index < -0.39 is 0 Å². The van der Waals surface area contributed by atoms with E-state index in [0.717, 1.165) is 33.5 Å². The first kappa shape index (κ1) is 12.5. The number of aromatic nitrogens is 2. The zero-order valence-corrected chi connectivity index (χ0v) is 12.4. The average molecular weight is 298 g/mol. The minimum absolute atomic E-state index is 0.0241. The van der Waals surface area contributed by atoms with Gasteiger partial charge in [-0.15, -0.1) is 0 Å². The van der Waals surface area contributed by atoms with Crippen molar-refractivity contribution in [2.75, 3.05) is 0 Å². The number of hydrogen-bond donors (Lipinski definition) is 0. The molecule has 23 heavy (non-hydrogen) atoms. The van der Waals surface area contributed by atoms with Gasteiger partial charge in [0.2, 0.25) is 0 Å². The van der Waals surface area contributed by atoms with E-state index in [0.29, 0.717) is 0 Å². The number of rotatable bonds is 1. The standard InChI is InChI=1S/C20H14N2O/c1-4-10-17-14(7-1)13-21-22(17)20-15-8-2-5-11-18(15)23-19-12-6-3-9-16(19)20/h1-13,20H. The fourth-order valence-electron chi connectivity index (χ4n) is 3.35. The Kier molecular flexibility index (Phi) is 2.56. The van der Waals surface area contributed by atoms with Crippen molar-refractivity contribution in [2.45, 2.75) is 6.04 Å². The van der Waals surface area contributed by atoms with Crippen molar-refractivity contribution < 1.29 is 4.74 Å². The second-order valence-corrected chi connectivity index (χ2v) is 5.73. The van der Waals surface area contributed by atoms with Crippen LogP contribution in [0.15, 0.2) is 79.0 Å². The molecule has 1 aliphatic rings. The third-order valence-electron chi connectivity index (χ3n) is 4.40. The zero-order valence-electron chi connectivity index (χ0n) is 12.4. The largest absolute Gasteiger partial charge is 0.457 e. The molecule has 2 heterocycles. The third kappa shape index (κ3) is 1.80. The lowest BCUT2D eigenvalue weighted by Gasteiger charge is -2.28. The number of para-hydroxylation sites is 3. The van der Waals surface area contributed by atoms with E-state index in [1.54, 1.807) is 0 Å². The van der Waals surface area contributed by atoms with Gasteiger partial charge in [0.25, 0.3) is 0 Å². The van der Waals surface area contributed by atoms with Gasteiger partial charge in [0.15, 0.2) is 0 Å². The molecular weight excluding hydrogens is 284 g/mol. The Morgan fingerprint density at radius 2 is 1.35 bits per heavy atom. The van der Waals surface area contributed by atoms with Crippen molar-refractivity contribution in [1.82, 2.24) is 9.78 Å². The van der Waals surface area contributed by atoms with E-state index in [4.69, 9.17) is 4.74 Å². The van der Waals surface area contributed by atoms with E-state index >= 15 is 0 Å². The lowest BCUT2D eigenvalue weighted by atomic mass is 9.94. The van der Waals surface area contributed by atoms with Crippen LogP contribution in [0.4, 0.5) is 0 Å². The van der Waals surface area contributed by atoms with Crippen molar-refractivity contribution >= 4 is 10.9 Å². The summed E-state index contributed by atoms with van der Waals surface area (Å²) in [5.41, 5.74) is 3.41. The summed E-state index contributed by atoms with van der Waals surface area (Å²) in [5, 5.41) is 5.83. The summed E-state index contributed by atoms with van der Waals surface area (Å²) in [4.78, 5) is 0. The SMILES string of the molecule is c1ccc2c(c1)Oc1ccccc1C2n1ncc2ccccc21. The van der Waals surface area contributed by atoms with Crippen LogP contribution in [0.5, 0.6) is 11.5 Å². The third-order valence-corrected chi connectivity index (χ3v) is 4.40. The Morgan fingerprint density at radius 1 is 0.739 bits per heavy atom. The van der Waals surface area contributed by atoms with Crippen LogP contribution in [0.3, 0.4) is 0 Å². The maximum Gasteiger partial charge on any atom is 0.133 e. The molecule has 1 aromatic heterocycles. The first-order chi connectivity index (χ1) is 11.4. The lowest BCUT2D eigenvalue weighted by molar-refractivity contribution is 0.428. The van der Waals surface area contributed by atoms with Crippen molar-refractivity contribution in [1.29, 1.82) is 0 Å². The Hall–Kier alpha value is -3.07. The van der Waals surface area contributed by atoms with E-state index in [9.17, 15) is 0 Å². The Morgan fingerprint density at radius 3 is 2.09 bits per heavy atom. The van der Waals surface area contributed by atoms with Gasteiger partial charge in [-0.25, -0.2) is 0 Å². The highest BCUT2D eigenvalue weighted by molar-refractivity contribution is 5.79. The molecule has 3 nitrogen and oxygen atoms in total. The van der Waals surface area contributed by atoms with E-state index in [2.05, 4.69) is 52.2 Å². The number of ether oxygens (including phenoxy) is 1. The molecule has 0 amide bonds. The second-order valence-electron chi connectivity index (χ2n) is 5.73. The van der Waals surface area contributed by atoms with E-state index in [1.807, 2.05) is 36.5 Å². The number of benzene rings is 3. The van der Waals surface area contributed by atoms with Gasteiger partial charge in [-0.2, -0.15) is 5.10 Å². The molecule has 0 saturated carbocycles. The summed E-state index contributed by atoms with van der Waals surface area (Å²) < 4.78 is 8.17. The zero-order chi connectivity index (χ0) is 15.2. The Labute approximate surface area is 133 Å². The smallest absolute Gasteiger partial charge is 0.133 e. The highest BCUT2D eigenvalue weighted by atomic mass is 16.5. The van der Waals surface area contributed by atoms with Gasteiger partial charge in [-0.3, -0.25) is 4.68 Å². The van der Waals surface area contributed by atoms with E-state index in [1.165, 1.54) is 0 Å². The van der Waals surface area contributed by atoms with Gasteiger partial charge in [-0.05, 0) is 18.2 Å². The number of fused-ring (bicyclic) bond motifs is 3. The van der Waals surface area contributed by atoms with Gasteiger partial charge in [0, 0.05) is 16.5 Å². The first-order valence-corrected chi connectivity index (χ1v) is 7.70. The summed E-state index contributed by atoms with van der Waals surface area (Å²) >= 11 is 0. The predicted molar refractivity (Wildman–Crippen MR) is 89.9 cm³/mol. The van der Waals surface area contributed by atoms with Crippen LogP contribution in [0.2, 0.25) is 0 Å². The molecule has 0 bridgehead atoms. The minimum Gasteiger partial charge on any atom is -0.457 e. The molecule has 0 atom stereocenters. The minimum atomic E-state index is 0.0241. The monoisotopic (exact) mass is 298 g/mol. The molecular formula is C20H14N2O.